The topological polar surface area (TPSA) is 98.7 Å². The largest absolute Gasteiger partial charge is 0.441 e. The van der Waals surface area contributed by atoms with Gasteiger partial charge >= 0.3 is 0 Å². The van der Waals surface area contributed by atoms with Gasteiger partial charge in [0.25, 0.3) is 0 Å². The first-order valence-corrected chi connectivity index (χ1v) is 8.93. The summed E-state index contributed by atoms with van der Waals surface area (Å²) in [6, 6.07) is 11.8. The van der Waals surface area contributed by atoms with Gasteiger partial charge in [-0.1, -0.05) is 12.1 Å². The molecule has 29 heavy (non-hydrogen) atoms. The monoisotopic (exact) mass is 392 g/mol. The predicted molar refractivity (Wildman–Crippen MR) is 103 cm³/mol. The maximum Gasteiger partial charge on any atom is 0.224 e. The van der Waals surface area contributed by atoms with Gasteiger partial charge in [0.15, 0.2) is 11.7 Å². The lowest BCUT2D eigenvalue weighted by atomic mass is 10.1. The smallest absolute Gasteiger partial charge is 0.224 e. The Morgan fingerprint density at radius 1 is 1.24 bits per heavy atom. The second-order valence-corrected chi connectivity index (χ2v) is 6.40. The van der Waals surface area contributed by atoms with Crippen molar-refractivity contribution in [1.29, 1.82) is 0 Å². The minimum Gasteiger partial charge on any atom is -0.441 e. The van der Waals surface area contributed by atoms with Crippen molar-refractivity contribution in [3.05, 3.63) is 72.3 Å². The molecule has 0 aliphatic carbocycles. The Morgan fingerprint density at radius 3 is 2.86 bits per heavy atom. The second-order valence-electron chi connectivity index (χ2n) is 6.40. The summed E-state index contributed by atoms with van der Waals surface area (Å²) >= 11 is 0. The molecule has 0 fully saturated rings. The van der Waals surface area contributed by atoms with Crippen LogP contribution in [0.3, 0.4) is 0 Å². The minimum atomic E-state index is -0.381. The molecule has 9 heteroatoms. The Bertz CT molecular complexity index is 1140. The average Bonchev–Trinajstić information content (AvgIpc) is 3.39. The SMILES string of the molecule is Cc1cc(NC(=O)CCc2ncc(-c3ccccc3F)o2)ccc1-n1cnnn1. The number of anilines is 1. The number of hydrogen-bond donors (Lipinski definition) is 1. The van der Waals surface area contributed by atoms with E-state index in [-0.39, 0.29) is 18.1 Å². The number of halogens is 1. The average molecular weight is 392 g/mol. The van der Waals surface area contributed by atoms with E-state index < -0.39 is 0 Å². The van der Waals surface area contributed by atoms with Gasteiger partial charge in [-0.3, -0.25) is 4.79 Å². The lowest BCUT2D eigenvalue weighted by molar-refractivity contribution is -0.116. The van der Waals surface area contributed by atoms with Crippen molar-refractivity contribution >= 4 is 11.6 Å². The van der Waals surface area contributed by atoms with Gasteiger partial charge in [0.1, 0.15) is 12.1 Å². The molecule has 4 rings (SSSR count). The third-order valence-electron chi connectivity index (χ3n) is 4.34. The number of carbonyl (C=O) groups is 1. The molecular formula is C20H17FN6O2. The summed E-state index contributed by atoms with van der Waals surface area (Å²) in [6.07, 6.45) is 3.46. The van der Waals surface area contributed by atoms with Crippen LogP contribution in [0.5, 0.6) is 0 Å². The molecule has 2 heterocycles. The summed E-state index contributed by atoms with van der Waals surface area (Å²) in [5.74, 6) is 0.162. The minimum absolute atomic E-state index is 0.176. The third kappa shape index (κ3) is 4.18. The van der Waals surface area contributed by atoms with E-state index in [1.165, 1.54) is 18.6 Å². The van der Waals surface area contributed by atoms with Crippen molar-refractivity contribution < 1.29 is 13.6 Å². The molecule has 2 aromatic heterocycles. The first kappa shape index (κ1) is 18.5. The van der Waals surface area contributed by atoms with Crippen LogP contribution < -0.4 is 5.32 Å². The van der Waals surface area contributed by atoms with Gasteiger partial charge in [0.05, 0.1) is 17.4 Å². The van der Waals surface area contributed by atoms with Crippen molar-refractivity contribution in [3.63, 3.8) is 0 Å². The van der Waals surface area contributed by atoms with Gasteiger partial charge < -0.3 is 9.73 Å². The van der Waals surface area contributed by atoms with Gasteiger partial charge in [-0.05, 0) is 53.2 Å². The first-order chi connectivity index (χ1) is 14.1. The summed E-state index contributed by atoms with van der Waals surface area (Å²) in [7, 11) is 0. The van der Waals surface area contributed by atoms with Crippen LogP contribution in [0.2, 0.25) is 0 Å². The number of benzene rings is 2. The molecular weight excluding hydrogens is 375 g/mol. The Balaban J connectivity index is 1.36. The van der Waals surface area contributed by atoms with E-state index in [2.05, 4.69) is 25.8 Å². The zero-order valence-corrected chi connectivity index (χ0v) is 15.5. The fraction of sp³-hybridized carbons (Fsp3) is 0.150. The van der Waals surface area contributed by atoms with E-state index in [1.807, 2.05) is 19.1 Å². The van der Waals surface area contributed by atoms with Crippen LogP contribution in [0.1, 0.15) is 17.9 Å². The molecule has 0 aliphatic heterocycles. The molecule has 8 nitrogen and oxygen atoms in total. The van der Waals surface area contributed by atoms with Crippen LogP contribution >= 0.6 is 0 Å². The molecule has 1 N–H and O–H groups in total. The standard InChI is InChI=1S/C20H17FN6O2/c1-13-10-14(6-7-17(13)27-12-23-25-26-27)24-19(28)8-9-20-22-11-18(29-20)15-4-2-3-5-16(15)21/h2-7,10-12H,8-9H2,1H3,(H,24,28). The molecule has 1 amide bonds. The summed E-state index contributed by atoms with van der Waals surface area (Å²) in [6.45, 7) is 1.91. The molecule has 0 atom stereocenters. The molecule has 4 aromatic rings. The van der Waals surface area contributed by atoms with Crippen LogP contribution in [0.4, 0.5) is 10.1 Å². The summed E-state index contributed by atoms with van der Waals surface area (Å²) in [5, 5.41) is 13.9. The van der Waals surface area contributed by atoms with Gasteiger partial charge in [-0.15, -0.1) is 5.10 Å². The zero-order valence-electron chi connectivity index (χ0n) is 15.5. The number of tetrazole rings is 1. The van der Waals surface area contributed by atoms with Crippen molar-refractivity contribution in [3.8, 4) is 17.0 Å². The van der Waals surface area contributed by atoms with E-state index in [0.717, 1.165) is 11.3 Å². The number of rotatable bonds is 6. The van der Waals surface area contributed by atoms with E-state index in [9.17, 15) is 9.18 Å². The second kappa shape index (κ2) is 8.01. The van der Waals surface area contributed by atoms with Crippen molar-refractivity contribution in [1.82, 2.24) is 25.2 Å². The van der Waals surface area contributed by atoms with Crippen molar-refractivity contribution in [2.24, 2.45) is 0 Å². The highest BCUT2D eigenvalue weighted by atomic mass is 19.1. The number of oxazole rings is 1. The number of aryl methyl sites for hydroxylation is 2. The molecule has 0 radical (unpaired) electrons. The number of nitrogens with zero attached hydrogens (tertiary/aromatic N) is 5. The molecule has 0 unspecified atom stereocenters. The Labute approximate surface area is 165 Å². The Hall–Kier alpha value is -3.88. The van der Waals surface area contributed by atoms with Gasteiger partial charge in [-0.2, -0.15) is 0 Å². The van der Waals surface area contributed by atoms with Gasteiger partial charge in [-0.25, -0.2) is 14.1 Å². The van der Waals surface area contributed by atoms with Crippen LogP contribution in [-0.4, -0.2) is 31.1 Å². The van der Waals surface area contributed by atoms with Gasteiger partial charge in [0, 0.05) is 18.5 Å². The van der Waals surface area contributed by atoms with Crippen molar-refractivity contribution in [2.75, 3.05) is 5.32 Å². The number of aromatic nitrogens is 5. The first-order valence-electron chi connectivity index (χ1n) is 8.93. The maximum atomic E-state index is 13.8. The Kier molecular flexibility index (Phi) is 5.10. The molecule has 0 spiro atoms. The van der Waals surface area contributed by atoms with Gasteiger partial charge in [0.2, 0.25) is 5.91 Å². The molecule has 0 saturated heterocycles. The van der Waals surface area contributed by atoms with E-state index in [1.54, 1.807) is 28.9 Å². The van der Waals surface area contributed by atoms with Crippen LogP contribution in [0.25, 0.3) is 17.0 Å². The predicted octanol–water partition coefficient (Wildman–Crippen LogP) is 3.34. The summed E-state index contributed by atoms with van der Waals surface area (Å²) in [4.78, 5) is 16.4. The summed E-state index contributed by atoms with van der Waals surface area (Å²) < 4.78 is 21.0. The fourth-order valence-corrected chi connectivity index (χ4v) is 2.92. The van der Waals surface area contributed by atoms with Crippen LogP contribution in [0, 0.1) is 12.7 Å². The van der Waals surface area contributed by atoms with Crippen LogP contribution in [0.15, 0.2) is 59.4 Å². The number of nitrogens with one attached hydrogen (secondary N) is 1. The molecule has 2 aromatic carbocycles. The van der Waals surface area contributed by atoms with E-state index in [4.69, 9.17) is 4.42 Å². The summed E-state index contributed by atoms with van der Waals surface area (Å²) in [5.41, 5.74) is 2.75. The highest BCUT2D eigenvalue weighted by molar-refractivity contribution is 5.91. The lowest BCUT2D eigenvalue weighted by Gasteiger charge is -2.09. The molecule has 0 bridgehead atoms. The maximum absolute atomic E-state index is 13.8. The van der Waals surface area contributed by atoms with E-state index >= 15 is 0 Å². The highest BCUT2D eigenvalue weighted by Crippen LogP contribution is 2.24. The number of carbonyl (C=O) groups excluding carboxylic acids is 1. The van der Waals surface area contributed by atoms with E-state index in [0.29, 0.717) is 29.3 Å². The normalized spacial score (nSPS) is 10.8. The molecule has 146 valence electrons. The van der Waals surface area contributed by atoms with Crippen LogP contribution in [-0.2, 0) is 11.2 Å². The Morgan fingerprint density at radius 2 is 2.10 bits per heavy atom. The zero-order chi connectivity index (χ0) is 20.2. The lowest BCUT2D eigenvalue weighted by Crippen LogP contribution is -2.12. The quantitative estimate of drug-likeness (QED) is 0.540. The number of amides is 1. The fourth-order valence-electron chi connectivity index (χ4n) is 2.92. The highest BCUT2D eigenvalue weighted by Gasteiger charge is 2.12. The third-order valence-corrected chi connectivity index (χ3v) is 4.34. The number of hydrogen-bond acceptors (Lipinski definition) is 6. The van der Waals surface area contributed by atoms with Crippen molar-refractivity contribution in [2.45, 2.75) is 19.8 Å². The molecule has 0 saturated carbocycles. The molecule has 0 aliphatic rings.